The number of fused-ring (bicyclic) bond motifs is 1. The molecule has 1 aromatic carbocycles. The fourth-order valence-corrected chi connectivity index (χ4v) is 3.94. The Labute approximate surface area is 161 Å². The average Bonchev–Trinajstić information content (AvgIpc) is 3.24. The SMILES string of the molecule is Cc1ccc([C@H](C)[C@@]2(n3cnc4c(N)ncnc43)O[C@H](CO)[C@@H](O)[C@H]2O)cc1. The first kappa shape index (κ1) is 18.8. The molecule has 5 N–H and O–H groups in total. The summed E-state index contributed by atoms with van der Waals surface area (Å²) in [5, 5.41) is 31.3. The van der Waals surface area contributed by atoms with E-state index >= 15 is 0 Å². The first-order valence-electron chi connectivity index (χ1n) is 9.05. The van der Waals surface area contributed by atoms with Crippen LogP contribution in [0.5, 0.6) is 0 Å². The number of aromatic nitrogens is 4. The van der Waals surface area contributed by atoms with Gasteiger partial charge in [-0.25, -0.2) is 15.0 Å². The number of benzene rings is 1. The number of nitrogen functional groups attached to an aromatic ring is 1. The van der Waals surface area contributed by atoms with Crippen LogP contribution in [0.1, 0.15) is 24.0 Å². The predicted molar refractivity (Wildman–Crippen MR) is 101 cm³/mol. The molecule has 0 bridgehead atoms. The van der Waals surface area contributed by atoms with Crippen molar-refractivity contribution in [3.8, 4) is 0 Å². The summed E-state index contributed by atoms with van der Waals surface area (Å²) in [6.45, 7) is 3.43. The molecule has 148 valence electrons. The van der Waals surface area contributed by atoms with E-state index in [4.69, 9.17) is 10.5 Å². The number of ether oxygens (including phenoxy) is 1. The predicted octanol–water partition coefficient (Wildman–Crippen LogP) is 0.286. The van der Waals surface area contributed by atoms with Crippen LogP contribution in [0, 0.1) is 6.92 Å². The highest BCUT2D eigenvalue weighted by molar-refractivity contribution is 5.81. The first-order chi connectivity index (χ1) is 13.4. The number of rotatable bonds is 4. The minimum Gasteiger partial charge on any atom is -0.394 e. The van der Waals surface area contributed by atoms with Crippen molar-refractivity contribution >= 4 is 17.0 Å². The van der Waals surface area contributed by atoms with Gasteiger partial charge in [-0.15, -0.1) is 0 Å². The molecule has 28 heavy (non-hydrogen) atoms. The highest BCUT2D eigenvalue weighted by Crippen LogP contribution is 2.47. The number of nitrogens with zero attached hydrogens (tertiary/aromatic N) is 4. The lowest BCUT2D eigenvalue weighted by Crippen LogP contribution is -2.49. The Kier molecular flexibility index (Phi) is 4.54. The molecule has 1 fully saturated rings. The average molecular weight is 385 g/mol. The van der Waals surface area contributed by atoms with E-state index in [1.165, 1.54) is 12.7 Å². The smallest absolute Gasteiger partial charge is 0.183 e. The number of aliphatic hydroxyl groups is 3. The lowest BCUT2D eigenvalue weighted by molar-refractivity contribution is -0.159. The second kappa shape index (κ2) is 6.78. The molecule has 1 saturated heterocycles. The summed E-state index contributed by atoms with van der Waals surface area (Å²) in [6, 6.07) is 7.82. The molecule has 1 aliphatic rings. The van der Waals surface area contributed by atoms with Crippen molar-refractivity contribution in [2.75, 3.05) is 12.3 Å². The summed E-state index contributed by atoms with van der Waals surface area (Å²) in [4.78, 5) is 12.5. The van der Waals surface area contributed by atoms with E-state index in [0.29, 0.717) is 11.2 Å². The third-order valence-electron chi connectivity index (χ3n) is 5.58. The highest BCUT2D eigenvalue weighted by Gasteiger charge is 2.59. The van der Waals surface area contributed by atoms with Gasteiger partial charge in [0.15, 0.2) is 17.2 Å². The largest absolute Gasteiger partial charge is 0.394 e. The minimum atomic E-state index is -1.45. The number of aliphatic hydroxyl groups excluding tert-OH is 3. The van der Waals surface area contributed by atoms with Gasteiger partial charge in [-0.1, -0.05) is 36.8 Å². The van der Waals surface area contributed by atoms with Crippen LogP contribution < -0.4 is 5.73 Å². The van der Waals surface area contributed by atoms with Crippen LogP contribution in [0.4, 0.5) is 5.82 Å². The van der Waals surface area contributed by atoms with Gasteiger partial charge in [0.1, 0.15) is 30.2 Å². The van der Waals surface area contributed by atoms with Crippen LogP contribution in [0.3, 0.4) is 0 Å². The molecule has 0 radical (unpaired) electrons. The highest BCUT2D eigenvalue weighted by atomic mass is 16.6. The number of hydrogen-bond acceptors (Lipinski definition) is 8. The maximum absolute atomic E-state index is 11.1. The second-order valence-electron chi connectivity index (χ2n) is 7.20. The summed E-state index contributed by atoms with van der Waals surface area (Å²) in [5.41, 5.74) is 7.19. The van der Waals surface area contributed by atoms with Crippen molar-refractivity contribution < 1.29 is 20.1 Å². The van der Waals surface area contributed by atoms with Gasteiger partial charge in [-0.2, -0.15) is 0 Å². The molecule has 0 amide bonds. The van der Waals surface area contributed by atoms with Crippen molar-refractivity contribution in [3.05, 3.63) is 48.0 Å². The fourth-order valence-electron chi connectivity index (χ4n) is 3.94. The Morgan fingerprint density at radius 2 is 1.93 bits per heavy atom. The molecule has 9 heteroatoms. The normalized spacial score (nSPS) is 28.7. The van der Waals surface area contributed by atoms with Crippen LogP contribution in [0.15, 0.2) is 36.9 Å². The van der Waals surface area contributed by atoms with Crippen LogP contribution >= 0.6 is 0 Å². The van der Waals surface area contributed by atoms with Gasteiger partial charge in [0.25, 0.3) is 0 Å². The number of anilines is 1. The minimum absolute atomic E-state index is 0.202. The number of aryl methyl sites for hydroxylation is 1. The quantitative estimate of drug-likeness (QED) is 0.502. The van der Waals surface area contributed by atoms with Crippen LogP contribution in [-0.4, -0.2) is 59.8 Å². The Morgan fingerprint density at radius 1 is 1.21 bits per heavy atom. The molecule has 1 aliphatic heterocycles. The van der Waals surface area contributed by atoms with E-state index in [-0.39, 0.29) is 5.82 Å². The zero-order valence-corrected chi connectivity index (χ0v) is 15.6. The molecule has 0 saturated carbocycles. The van der Waals surface area contributed by atoms with Crippen molar-refractivity contribution in [1.82, 2.24) is 19.5 Å². The fraction of sp³-hybridized carbons (Fsp3) is 0.421. The van der Waals surface area contributed by atoms with Crippen LogP contribution in [0.2, 0.25) is 0 Å². The number of nitrogens with two attached hydrogens (primary N) is 1. The van der Waals surface area contributed by atoms with Crippen molar-refractivity contribution in [2.24, 2.45) is 0 Å². The molecule has 9 nitrogen and oxygen atoms in total. The molecule has 3 aromatic rings. The summed E-state index contributed by atoms with van der Waals surface area (Å²) < 4.78 is 7.71. The second-order valence-corrected chi connectivity index (χ2v) is 7.20. The van der Waals surface area contributed by atoms with Gasteiger partial charge in [-0.3, -0.25) is 4.57 Å². The molecule has 3 heterocycles. The summed E-state index contributed by atoms with van der Waals surface area (Å²) >= 11 is 0. The summed E-state index contributed by atoms with van der Waals surface area (Å²) in [7, 11) is 0. The van der Waals surface area contributed by atoms with Gasteiger partial charge < -0.3 is 25.8 Å². The number of imidazole rings is 1. The zero-order chi connectivity index (χ0) is 20.1. The topological polar surface area (TPSA) is 140 Å². The first-order valence-corrected chi connectivity index (χ1v) is 9.05. The van der Waals surface area contributed by atoms with Crippen molar-refractivity contribution in [1.29, 1.82) is 0 Å². The maximum Gasteiger partial charge on any atom is 0.183 e. The van der Waals surface area contributed by atoms with E-state index in [0.717, 1.165) is 11.1 Å². The molecule has 5 atom stereocenters. The lowest BCUT2D eigenvalue weighted by atomic mass is 9.84. The molecule has 0 aliphatic carbocycles. The van der Waals surface area contributed by atoms with Gasteiger partial charge in [0, 0.05) is 5.92 Å². The Hall–Kier alpha value is -2.59. The third-order valence-corrected chi connectivity index (χ3v) is 5.58. The van der Waals surface area contributed by atoms with Crippen molar-refractivity contribution in [3.63, 3.8) is 0 Å². The van der Waals surface area contributed by atoms with Crippen LogP contribution in [0.25, 0.3) is 11.2 Å². The number of hydrogen-bond donors (Lipinski definition) is 4. The van der Waals surface area contributed by atoms with Gasteiger partial charge >= 0.3 is 0 Å². The Balaban J connectivity index is 1.94. The zero-order valence-electron chi connectivity index (χ0n) is 15.6. The maximum atomic E-state index is 11.1. The third kappa shape index (κ3) is 2.59. The standard InChI is InChI=1S/C19H23N5O4/c1-10-3-5-12(6-4-10)11(2)19(16(27)15(26)13(7-25)28-19)24-9-23-14-17(20)21-8-22-18(14)24/h3-6,8-9,11,13,15-16,25-27H,7H2,1-2H3,(H2,20,21,22)/t11-,13+,15+,16+,19+/m0/s1. The van der Waals surface area contributed by atoms with Crippen LogP contribution in [-0.2, 0) is 10.5 Å². The molecule has 0 spiro atoms. The van der Waals surface area contributed by atoms with E-state index in [1.54, 1.807) is 4.57 Å². The van der Waals surface area contributed by atoms with Crippen molar-refractivity contribution in [2.45, 2.75) is 43.8 Å². The van der Waals surface area contributed by atoms with E-state index in [2.05, 4.69) is 15.0 Å². The van der Waals surface area contributed by atoms with E-state index in [9.17, 15) is 15.3 Å². The molecular formula is C19H23N5O4. The Bertz CT molecular complexity index is 992. The van der Waals surface area contributed by atoms with Gasteiger partial charge in [0.05, 0.1) is 12.9 Å². The molecule has 2 aromatic heterocycles. The monoisotopic (exact) mass is 385 g/mol. The molecule has 0 unspecified atom stereocenters. The summed E-state index contributed by atoms with van der Waals surface area (Å²) in [5.74, 6) is -0.212. The summed E-state index contributed by atoms with van der Waals surface area (Å²) in [6.07, 6.45) is -0.805. The Morgan fingerprint density at radius 3 is 2.57 bits per heavy atom. The molecular weight excluding hydrogens is 362 g/mol. The van der Waals surface area contributed by atoms with Gasteiger partial charge in [0.2, 0.25) is 0 Å². The van der Waals surface area contributed by atoms with E-state index < -0.39 is 36.6 Å². The lowest BCUT2D eigenvalue weighted by Gasteiger charge is -2.39. The molecule has 4 rings (SSSR count). The van der Waals surface area contributed by atoms with Gasteiger partial charge in [-0.05, 0) is 12.5 Å². The van der Waals surface area contributed by atoms with E-state index in [1.807, 2.05) is 38.1 Å².